The van der Waals surface area contributed by atoms with Crippen LogP contribution in [-0.2, 0) is 21.8 Å². The van der Waals surface area contributed by atoms with Crippen LogP contribution in [-0.4, -0.2) is 67.0 Å². The van der Waals surface area contributed by atoms with Crippen LogP contribution in [0.3, 0.4) is 0 Å². The van der Waals surface area contributed by atoms with E-state index in [1.54, 1.807) is 30.4 Å². The van der Waals surface area contributed by atoms with Gasteiger partial charge < -0.3 is 14.2 Å². The van der Waals surface area contributed by atoms with Crippen LogP contribution in [0.5, 0.6) is 0 Å². The minimum atomic E-state index is -3.56. The van der Waals surface area contributed by atoms with Crippen molar-refractivity contribution in [1.82, 2.24) is 13.8 Å². The van der Waals surface area contributed by atoms with Gasteiger partial charge >= 0.3 is 0 Å². The molecule has 0 aliphatic carbocycles. The van der Waals surface area contributed by atoms with Crippen molar-refractivity contribution in [2.45, 2.75) is 31.8 Å². The zero-order valence-electron chi connectivity index (χ0n) is 14.2. The lowest BCUT2D eigenvalue weighted by molar-refractivity contribution is -0.0127. The zero-order valence-corrected chi connectivity index (χ0v) is 15.0. The Morgan fingerprint density at radius 1 is 1.39 bits per heavy atom. The van der Waals surface area contributed by atoms with E-state index in [1.165, 1.54) is 16.6 Å². The molecule has 1 saturated heterocycles. The van der Waals surface area contributed by atoms with E-state index < -0.39 is 10.0 Å². The number of carbonyl (C=O) groups excluding carboxylic acids is 1. The maximum absolute atomic E-state index is 12.7. The average Bonchev–Trinajstić information content (AvgIpc) is 2.90. The van der Waals surface area contributed by atoms with Crippen molar-refractivity contribution in [3.05, 3.63) is 18.0 Å². The Hall–Kier alpha value is -1.38. The van der Waals surface area contributed by atoms with Gasteiger partial charge in [0.2, 0.25) is 10.0 Å². The molecule has 2 rings (SSSR count). The van der Waals surface area contributed by atoms with E-state index >= 15 is 0 Å². The second kappa shape index (κ2) is 7.02. The van der Waals surface area contributed by atoms with Crippen molar-refractivity contribution < 1.29 is 17.9 Å². The quantitative estimate of drug-likeness (QED) is 0.797. The number of carbonyl (C=O) groups is 1. The molecular formula is C15H25N3O4S. The Balaban J connectivity index is 2.29. The number of hydrogen-bond donors (Lipinski definition) is 0. The standard InChI is InChI=1S/C15H25N3O4S/c1-5-18(6-2)23(20,21)13-9-14(16(4)11-13)15(19)17-7-8-22-12(3)10-17/h9,11-12H,5-8,10H2,1-4H3/t12-/m0/s1. The van der Waals surface area contributed by atoms with Gasteiger partial charge in [-0.25, -0.2) is 8.42 Å². The lowest BCUT2D eigenvalue weighted by Gasteiger charge is -2.31. The summed E-state index contributed by atoms with van der Waals surface area (Å²) in [5.74, 6) is -0.163. The molecule has 130 valence electrons. The van der Waals surface area contributed by atoms with E-state index in [-0.39, 0.29) is 16.9 Å². The summed E-state index contributed by atoms with van der Waals surface area (Å²) in [6.07, 6.45) is 1.50. The predicted molar refractivity (Wildman–Crippen MR) is 86.8 cm³/mol. The van der Waals surface area contributed by atoms with Crippen molar-refractivity contribution in [3.63, 3.8) is 0 Å². The van der Waals surface area contributed by atoms with Gasteiger partial charge in [-0.3, -0.25) is 4.79 Å². The molecule has 1 amide bonds. The smallest absolute Gasteiger partial charge is 0.270 e. The van der Waals surface area contributed by atoms with Gasteiger partial charge in [0.25, 0.3) is 5.91 Å². The molecule has 1 aromatic rings. The number of nitrogens with zero attached hydrogens (tertiary/aromatic N) is 3. The van der Waals surface area contributed by atoms with Crippen molar-refractivity contribution in [1.29, 1.82) is 0 Å². The Labute approximate surface area is 137 Å². The Kier molecular flexibility index (Phi) is 5.49. The molecule has 23 heavy (non-hydrogen) atoms. The largest absolute Gasteiger partial charge is 0.375 e. The molecule has 0 radical (unpaired) electrons. The third-order valence-electron chi connectivity index (χ3n) is 4.07. The zero-order chi connectivity index (χ0) is 17.2. The Morgan fingerprint density at radius 2 is 2.04 bits per heavy atom. The maximum atomic E-state index is 12.7. The summed E-state index contributed by atoms with van der Waals surface area (Å²) in [5, 5.41) is 0. The van der Waals surface area contributed by atoms with Crippen molar-refractivity contribution in [2.75, 3.05) is 32.8 Å². The summed E-state index contributed by atoms with van der Waals surface area (Å²) in [7, 11) is -1.87. The van der Waals surface area contributed by atoms with Crippen LogP contribution in [0.15, 0.2) is 17.2 Å². The highest BCUT2D eigenvalue weighted by atomic mass is 32.2. The van der Waals surface area contributed by atoms with Gasteiger partial charge in [-0.15, -0.1) is 0 Å². The number of morpholine rings is 1. The average molecular weight is 343 g/mol. The van der Waals surface area contributed by atoms with Crippen LogP contribution in [0, 0.1) is 0 Å². The second-order valence-electron chi connectivity index (χ2n) is 5.69. The third kappa shape index (κ3) is 3.59. The van der Waals surface area contributed by atoms with Gasteiger partial charge in [0.05, 0.1) is 12.7 Å². The van der Waals surface area contributed by atoms with Gasteiger partial charge in [-0.1, -0.05) is 13.8 Å². The molecular weight excluding hydrogens is 318 g/mol. The summed E-state index contributed by atoms with van der Waals surface area (Å²) in [6.45, 7) is 7.85. The van der Waals surface area contributed by atoms with Gasteiger partial charge in [0.15, 0.2) is 0 Å². The highest BCUT2D eigenvalue weighted by molar-refractivity contribution is 7.89. The fraction of sp³-hybridized carbons (Fsp3) is 0.667. The minimum absolute atomic E-state index is 0.00755. The first-order valence-electron chi connectivity index (χ1n) is 7.88. The van der Waals surface area contributed by atoms with E-state index in [2.05, 4.69) is 0 Å². The van der Waals surface area contributed by atoms with Crippen LogP contribution in [0.4, 0.5) is 0 Å². The van der Waals surface area contributed by atoms with E-state index in [1.807, 2.05) is 6.92 Å². The first-order valence-corrected chi connectivity index (χ1v) is 9.32. The molecule has 7 nitrogen and oxygen atoms in total. The molecule has 0 N–H and O–H groups in total. The molecule has 1 atom stereocenters. The van der Waals surface area contributed by atoms with Gasteiger partial charge in [0.1, 0.15) is 10.6 Å². The fourth-order valence-corrected chi connectivity index (χ4v) is 4.30. The maximum Gasteiger partial charge on any atom is 0.270 e. The molecule has 1 aliphatic rings. The van der Waals surface area contributed by atoms with Crippen molar-refractivity contribution >= 4 is 15.9 Å². The molecule has 0 bridgehead atoms. The first-order chi connectivity index (χ1) is 10.8. The number of hydrogen-bond acceptors (Lipinski definition) is 4. The molecule has 0 saturated carbocycles. The molecule has 1 fully saturated rings. The van der Waals surface area contributed by atoms with Crippen LogP contribution in [0.2, 0.25) is 0 Å². The molecule has 1 aromatic heterocycles. The molecule has 2 heterocycles. The SMILES string of the molecule is CCN(CC)S(=O)(=O)c1cc(C(=O)N2CCO[C@@H](C)C2)n(C)c1. The van der Waals surface area contributed by atoms with Gasteiger partial charge in [0, 0.05) is 39.4 Å². The summed E-state index contributed by atoms with van der Waals surface area (Å²) in [5.41, 5.74) is 0.379. The summed E-state index contributed by atoms with van der Waals surface area (Å²) >= 11 is 0. The summed E-state index contributed by atoms with van der Waals surface area (Å²) in [4.78, 5) is 14.5. The molecule has 0 aromatic carbocycles. The van der Waals surface area contributed by atoms with E-state index in [0.717, 1.165) is 0 Å². The fourth-order valence-electron chi connectivity index (χ4n) is 2.77. The Bertz CT molecular complexity index is 664. The lowest BCUT2D eigenvalue weighted by atomic mass is 10.2. The number of rotatable bonds is 5. The van der Waals surface area contributed by atoms with Crippen LogP contribution < -0.4 is 0 Å². The van der Waals surface area contributed by atoms with Crippen LogP contribution >= 0.6 is 0 Å². The number of ether oxygens (including phenoxy) is 1. The van der Waals surface area contributed by atoms with E-state index in [0.29, 0.717) is 38.5 Å². The minimum Gasteiger partial charge on any atom is -0.375 e. The molecule has 8 heteroatoms. The van der Waals surface area contributed by atoms with E-state index in [4.69, 9.17) is 4.74 Å². The highest BCUT2D eigenvalue weighted by Gasteiger charge is 2.28. The summed E-state index contributed by atoms with van der Waals surface area (Å²) < 4.78 is 33.6. The molecule has 0 spiro atoms. The van der Waals surface area contributed by atoms with Crippen molar-refractivity contribution in [2.24, 2.45) is 7.05 Å². The van der Waals surface area contributed by atoms with Gasteiger partial charge in [-0.2, -0.15) is 4.31 Å². The van der Waals surface area contributed by atoms with Crippen LogP contribution in [0.1, 0.15) is 31.3 Å². The van der Waals surface area contributed by atoms with Crippen molar-refractivity contribution in [3.8, 4) is 0 Å². The third-order valence-corrected chi connectivity index (χ3v) is 6.09. The molecule has 0 unspecified atom stereocenters. The Morgan fingerprint density at radius 3 is 2.61 bits per heavy atom. The highest BCUT2D eigenvalue weighted by Crippen LogP contribution is 2.20. The topological polar surface area (TPSA) is 71.8 Å². The van der Waals surface area contributed by atoms with Crippen LogP contribution in [0.25, 0.3) is 0 Å². The second-order valence-corrected chi connectivity index (χ2v) is 7.63. The first kappa shape index (κ1) is 18.0. The van der Waals surface area contributed by atoms with E-state index in [9.17, 15) is 13.2 Å². The number of aryl methyl sites for hydroxylation is 1. The summed E-state index contributed by atoms with van der Waals surface area (Å²) in [6, 6.07) is 1.47. The number of aromatic nitrogens is 1. The number of sulfonamides is 1. The van der Waals surface area contributed by atoms with Gasteiger partial charge in [-0.05, 0) is 13.0 Å². The normalized spacial score (nSPS) is 19.3. The molecule has 1 aliphatic heterocycles. The number of amides is 1. The predicted octanol–water partition coefficient (Wildman–Crippen LogP) is 0.917. The lowest BCUT2D eigenvalue weighted by Crippen LogP contribution is -2.45. The monoisotopic (exact) mass is 343 g/mol.